The van der Waals surface area contributed by atoms with Gasteiger partial charge in [0.2, 0.25) is 5.91 Å². The molecule has 0 aromatic heterocycles. The van der Waals surface area contributed by atoms with E-state index in [1.165, 1.54) is 6.42 Å². The molecule has 1 heterocycles. The highest BCUT2D eigenvalue weighted by Gasteiger charge is 2.28. The lowest BCUT2D eigenvalue weighted by Gasteiger charge is -2.20. The van der Waals surface area contributed by atoms with E-state index in [0.717, 1.165) is 38.8 Å². The van der Waals surface area contributed by atoms with E-state index in [-0.39, 0.29) is 18.1 Å². The third kappa shape index (κ3) is 3.68. The van der Waals surface area contributed by atoms with Crippen molar-refractivity contribution in [3.05, 3.63) is 0 Å². The zero-order chi connectivity index (χ0) is 12.1. The van der Waals surface area contributed by atoms with E-state index in [9.17, 15) is 4.79 Å². The number of carbonyl (C=O) groups is 1. The SMILES string of the molecule is COC1CCCC1NC(=O)CCC1CCNC1. The summed E-state index contributed by atoms with van der Waals surface area (Å²) in [6.07, 6.45) is 6.44. The molecule has 0 aromatic carbocycles. The third-order valence-electron chi connectivity index (χ3n) is 4.04. The smallest absolute Gasteiger partial charge is 0.220 e. The minimum atomic E-state index is 0.200. The molecule has 3 atom stereocenters. The number of methoxy groups -OCH3 is 1. The predicted molar refractivity (Wildman–Crippen MR) is 66.8 cm³/mol. The molecule has 4 nitrogen and oxygen atoms in total. The summed E-state index contributed by atoms with van der Waals surface area (Å²) in [5.41, 5.74) is 0. The summed E-state index contributed by atoms with van der Waals surface area (Å²) in [7, 11) is 1.74. The zero-order valence-corrected chi connectivity index (χ0v) is 10.7. The monoisotopic (exact) mass is 240 g/mol. The van der Waals surface area contributed by atoms with Crippen molar-refractivity contribution >= 4 is 5.91 Å². The maximum Gasteiger partial charge on any atom is 0.220 e. The molecule has 17 heavy (non-hydrogen) atoms. The van der Waals surface area contributed by atoms with Crippen LogP contribution in [0.3, 0.4) is 0 Å². The molecule has 1 aliphatic carbocycles. The van der Waals surface area contributed by atoms with Crippen molar-refractivity contribution in [1.29, 1.82) is 0 Å². The number of rotatable bonds is 5. The van der Waals surface area contributed by atoms with E-state index in [4.69, 9.17) is 4.74 Å². The molecular formula is C13H24N2O2. The van der Waals surface area contributed by atoms with Gasteiger partial charge in [0.15, 0.2) is 0 Å². The zero-order valence-electron chi connectivity index (χ0n) is 10.7. The lowest BCUT2D eigenvalue weighted by molar-refractivity contribution is -0.122. The Balaban J connectivity index is 1.65. The van der Waals surface area contributed by atoms with Crippen LogP contribution in [0.25, 0.3) is 0 Å². The number of ether oxygens (including phenoxy) is 1. The fraction of sp³-hybridized carbons (Fsp3) is 0.923. The quantitative estimate of drug-likeness (QED) is 0.755. The van der Waals surface area contributed by atoms with Gasteiger partial charge in [-0.15, -0.1) is 0 Å². The normalized spacial score (nSPS) is 32.9. The van der Waals surface area contributed by atoms with Gasteiger partial charge in [-0.1, -0.05) is 0 Å². The van der Waals surface area contributed by atoms with Crippen molar-refractivity contribution in [2.45, 2.75) is 50.7 Å². The molecule has 1 aliphatic heterocycles. The van der Waals surface area contributed by atoms with Gasteiger partial charge in [0.25, 0.3) is 0 Å². The van der Waals surface area contributed by atoms with Gasteiger partial charge < -0.3 is 15.4 Å². The van der Waals surface area contributed by atoms with Crippen molar-refractivity contribution in [1.82, 2.24) is 10.6 Å². The Morgan fingerprint density at radius 1 is 1.41 bits per heavy atom. The van der Waals surface area contributed by atoms with E-state index >= 15 is 0 Å². The van der Waals surface area contributed by atoms with Gasteiger partial charge in [-0.3, -0.25) is 4.79 Å². The molecule has 0 aromatic rings. The van der Waals surface area contributed by atoms with E-state index in [2.05, 4.69) is 10.6 Å². The van der Waals surface area contributed by atoms with Crippen molar-refractivity contribution in [2.75, 3.05) is 20.2 Å². The number of hydrogen-bond acceptors (Lipinski definition) is 3. The van der Waals surface area contributed by atoms with Crippen LogP contribution in [0.2, 0.25) is 0 Å². The minimum absolute atomic E-state index is 0.200. The van der Waals surface area contributed by atoms with E-state index < -0.39 is 0 Å². The molecule has 0 radical (unpaired) electrons. The summed E-state index contributed by atoms with van der Waals surface area (Å²) in [5, 5.41) is 6.45. The van der Waals surface area contributed by atoms with Crippen LogP contribution in [-0.2, 0) is 9.53 Å². The molecule has 98 valence electrons. The topological polar surface area (TPSA) is 50.4 Å². The van der Waals surface area contributed by atoms with Crippen molar-refractivity contribution in [2.24, 2.45) is 5.92 Å². The van der Waals surface area contributed by atoms with Gasteiger partial charge in [0.1, 0.15) is 0 Å². The van der Waals surface area contributed by atoms with Crippen LogP contribution in [0.4, 0.5) is 0 Å². The standard InChI is InChI=1S/C13H24N2O2/c1-17-12-4-2-3-11(12)15-13(16)6-5-10-7-8-14-9-10/h10-12,14H,2-9H2,1H3,(H,15,16). The average molecular weight is 240 g/mol. The highest BCUT2D eigenvalue weighted by atomic mass is 16.5. The van der Waals surface area contributed by atoms with Crippen LogP contribution in [0.15, 0.2) is 0 Å². The van der Waals surface area contributed by atoms with E-state index in [1.54, 1.807) is 7.11 Å². The van der Waals surface area contributed by atoms with Gasteiger partial charge in [-0.25, -0.2) is 0 Å². The second-order valence-electron chi connectivity index (χ2n) is 5.28. The Hall–Kier alpha value is -0.610. The Labute approximate surface area is 103 Å². The predicted octanol–water partition coefficient (Wildman–Crippen LogP) is 1.06. The lowest BCUT2D eigenvalue weighted by Crippen LogP contribution is -2.40. The molecule has 3 unspecified atom stereocenters. The minimum Gasteiger partial charge on any atom is -0.379 e. The van der Waals surface area contributed by atoms with Crippen LogP contribution in [0.5, 0.6) is 0 Å². The first-order valence-corrected chi connectivity index (χ1v) is 6.82. The summed E-state index contributed by atoms with van der Waals surface area (Å²) in [6, 6.07) is 0.245. The summed E-state index contributed by atoms with van der Waals surface area (Å²) >= 11 is 0. The maximum atomic E-state index is 11.8. The molecule has 2 fully saturated rings. The van der Waals surface area contributed by atoms with Gasteiger partial charge in [0.05, 0.1) is 12.1 Å². The first-order valence-electron chi connectivity index (χ1n) is 6.82. The second-order valence-corrected chi connectivity index (χ2v) is 5.28. The highest BCUT2D eigenvalue weighted by molar-refractivity contribution is 5.76. The van der Waals surface area contributed by atoms with Crippen molar-refractivity contribution in [3.8, 4) is 0 Å². The highest BCUT2D eigenvalue weighted by Crippen LogP contribution is 2.22. The fourth-order valence-electron chi connectivity index (χ4n) is 2.95. The van der Waals surface area contributed by atoms with Crippen LogP contribution in [-0.4, -0.2) is 38.3 Å². The van der Waals surface area contributed by atoms with Crippen LogP contribution < -0.4 is 10.6 Å². The number of hydrogen-bond donors (Lipinski definition) is 2. The van der Waals surface area contributed by atoms with Gasteiger partial charge in [0, 0.05) is 13.5 Å². The van der Waals surface area contributed by atoms with Gasteiger partial charge >= 0.3 is 0 Å². The van der Waals surface area contributed by atoms with Crippen LogP contribution in [0, 0.1) is 5.92 Å². The van der Waals surface area contributed by atoms with E-state index in [0.29, 0.717) is 12.3 Å². The summed E-state index contributed by atoms with van der Waals surface area (Å²) in [5.74, 6) is 0.897. The number of carbonyl (C=O) groups excluding carboxylic acids is 1. The Bertz CT molecular complexity index is 252. The maximum absolute atomic E-state index is 11.8. The van der Waals surface area contributed by atoms with Crippen molar-refractivity contribution < 1.29 is 9.53 Å². The van der Waals surface area contributed by atoms with E-state index in [1.807, 2.05) is 0 Å². The average Bonchev–Trinajstić information content (AvgIpc) is 2.97. The fourth-order valence-corrected chi connectivity index (χ4v) is 2.95. The van der Waals surface area contributed by atoms with Crippen LogP contribution in [0.1, 0.15) is 38.5 Å². The molecule has 0 bridgehead atoms. The Morgan fingerprint density at radius 3 is 3.00 bits per heavy atom. The second kappa shape index (κ2) is 6.36. The van der Waals surface area contributed by atoms with Gasteiger partial charge in [-0.2, -0.15) is 0 Å². The number of amides is 1. The van der Waals surface area contributed by atoms with Crippen molar-refractivity contribution in [3.63, 3.8) is 0 Å². The molecule has 2 N–H and O–H groups in total. The van der Waals surface area contributed by atoms with Crippen LogP contribution >= 0.6 is 0 Å². The molecule has 2 rings (SSSR count). The molecule has 1 saturated carbocycles. The Morgan fingerprint density at radius 2 is 2.29 bits per heavy atom. The Kier molecular flexibility index (Phi) is 4.80. The molecule has 4 heteroatoms. The molecule has 1 saturated heterocycles. The first-order chi connectivity index (χ1) is 8.29. The largest absolute Gasteiger partial charge is 0.379 e. The lowest BCUT2D eigenvalue weighted by atomic mass is 10.0. The molecule has 2 aliphatic rings. The molecular weight excluding hydrogens is 216 g/mol. The third-order valence-corrected chi connectivity index (χ3v) is 4.04. The number of nitrogens with one attached hydrogen (secondary N) is 2. The van der Waals surface area contributed by atoms with Gasteiger partial charge in [-0.05, 0) is 51.1 Å². The first kappa shape index (κ1) is 12.8. The summed E-state index contributed by atoms with van der Waals surface area (Å²) in [4.78, 5) is 11.8. The molecule has 0 spiro atoms. The summed E-state index contributed by atoms with van der Waals surface area (Å²) in [6.45, 7) is 2.19. The summed E-state index contributed by atoms with van der Waals surface area (Å²) < 4.78 is 5.38. The molecule has 1 amide bonds.